The molecule has 0 aromatic heterocycles. The molecule has 0 fully saturated rings. The first-order chi connectivity index (χ1) is 6.98. The van der Waals surface area contributed by atoms with Crippen LogP contribution in [0.15, 0.2) is 0 Å². The number of hydrogen-bond donors (Lipinski definition) is 6. The van der Waals surface area contributed by atoms with Gasteiger partial charge in [-0.15, -0.1) is 0 Å². The summed E-state index contributed by atoms with van der Waals surface area (Å²) in [6, 6.07) is 0. The van der Waals surface area contributed by atoms with E-state index in [4.69, 9.17) is 25.3 Å². The molecule has 0 aromatic rings. The first-order valence-electron chi connectivity index (χ1n) is 4.56. The van der Waals surface area contributed by atoms with E-state index < -0.39 is 26.3 Å². The molecule has 10 heteroatoms. The van der Waals surface area contributed by atoms with Gasteiger partial charge in [-0.3, -0.25) is 9.13 Å². The Morgan fingerprint density at radius 1 is 1.19 bits per heavy atom. The van der Waals surface area contributed by atoms with Crippen LogP contribution in [0.4, 0.5) is 0 Å². The minimum atomic E-state index is -5.34. The van der Waals surface area contributed by atoms with Crippen LogP contribution in [0.1, 0.15) is 26.2 Å². The molecule has 0 heterocycles. The van der Waals surface area contributed by atoms with Gasteiger partial charge in [0.2, 0.25) is 5.02 Å². The van der Waals surface area contributed by atoms with E-state index in [1.165, 1.54) is 0 Å². The van der Waals surface area contributed by atoms with Crippen LogP contribution in [0.25, 0.3) is 0 Å². The molecule has 0 radical (unpaired) electrons. The summed E-state index contributed by atoms with van der Waals surface area (Å²) in [7, 11) is -10.7. The second-order valence-corrected chi connectivity index (χ2v) is 7.54. The quantitative estimate of drug-likeness (QED) is 0.354. The number of nitrogens with two attached hydrogens (primary N) is 1. The van der Waals surface area contributed by atoms with Crippen molar-refractivity contribution >= 4 is 15.2 Å². The molecule has 0 saturated heterocycles. The van der Waals surface area contributed by atoms with Crippen molar-refractivity contribution in [1.29, 1.82) is 0 Å². The number of rotatable bonds is 6. The minimum absolute atomic E-state index is 0.191. The molecule has 0 aliphatic heterocycles. The van der Waals surface area contributed by atoms with Crippen molar-refractivity contribution in [2.45, 2.75) is 37.3 Å². The molecule has 16 heavy (non-hydrogen) atoms. The Kier molecular flexibility index (Phi) is 5.32. The highest BCUT2D eigenvalue weighted by Gasteiger charge is 2.61. The second kappa shape index (κ2) is 5.25. The molecule has 0 bridgehead atoms. The van der Waals surface area contributed by atoms with E-state index in [1.54, 1.807) is 6.92 Å². The Labute approximate surface area is 92.8 Å². The van der Waals surface area contributed by atoms with Gasteiger partial charge in [-0.05, 0) is 6.42 Å². The molecule has 0 spiro atoms. The third-order valence-corrected chi connectivity index (χ3v) is 6.28. The first-order valence-corrected chi connectivity index (χ1v) is 7.79. The zero-order valence-corrected chi connectivity index (χ0v) is 10.5. The SMILES string of the molecule is CCCCC(O)C(N)(P(=O)(O)O)P(=O)(O)O. The zero-order chi connectivity index (χ0) is 13.2. The fraction of sp³-hybridized carbons (Fsp3) is 1.00. The third-order valence-electron chi connectivity index (χ3n) is 2.25. The third kappa shape index (κ3) is 3.12. The Morgan fingerprint density at radius 2 is 1.56 bits per heavy atom. The maximum atomic E-state index is 11.0. The standard InChI is InChI=1S/C6H17NO7P2/c1-2-3-4-5(8)6(7,15(9,10)11)16(12,13)14/h5,8H,2-4,7H2,1H3,(H2,9,10,11)(H2,12,13,14). The van der Waals surface area contributed by atoms with E-state index in [9.17, 15) is 14.2 Å². The fourth-order valence-corrected chi connectivity index (χ4v) is 3.56. The summed E-state index contributed by atoms with van der Waals surface area (Å²) in [5.41, 5.74) is 5.06. The van der Waals surface area contributed by atoms with Gasteiger partial charge in [0.05, 0.1) is 6.10 Å². The van der Waals surface area contributed by atoms with Crippen molar-refractivity contribution in [2.75, 3.05) is 0 Å². The van der Waals surface area contributed by atoms with Crippen LogP contribution in [0.3, 0.4) is 0 Å². The zero-order valence-electron chi connectivity index (χ0n) is 8.72. The molecular weight excluding hydrogens is 260 g/mol. The minimum Gasteiger partial charge on any atom is -0.390 e. The molecule has 0 amide bonds. The van der Waals surface area contributed by atoms with Gasteiger partial charge in [-0.25, -0.2) is 0 Å². The molecule has 0 aliphatic carbocycles. The van der Waals surface area contributed by atoms with Crippen LogP contribution in [-0.4, -0.2) is 35.8 Å². The Morgan fingerprint density at radius 3 is 1.81 bits per heavy atom. The highest BCUT2D eigenvalue weighted by Crippen LogP contribution is 2.67. The van der Waals surface area contributed by atoms with Crippen LogP contribution in [0, 0.1) is 0 Å². The number of aliphatic hydroxyl groups excluding tert-OH is 1. The van der Waals surface area contributed by atoms with Crippen molar-refractivity contribution in [3.05, 3.63) is 0 Å². The average molecular weight is 277 g/mol. The molecular formula is C6H17NO7P2. The molecule has 0 aliphatic rings. The normalized spacial score (nSPS) is 16.2. The number of aliphatic hydroxyl groups is 1. The van der Waals surface area contributed by atoms with Crippen molar-refractivity contribution in [2.24, 2.45) is 5.73 Å². The van der Waals surface area contributed by atoms with Crippen LogP contribution in [0.5, 0.6) is 0 Å². The van der Waals surface area contributed by atoms with Crippen molar-refractivity contribution < 1.29 is 33.8 Å². The largest absolute Gasteiger partial charge is 0.390 e. The lowest BCUT2D eigenvalue weighted by molar-refractivity contribution is 0.118. The number of hydrogen-bond acceptors (Lipinski definition) is 4. The monoisotopic (exact) mass is 277 g/mol. The lowest BCUT2D eigenvalue weighted by Crippen LogP contribution is -2.50. The highest BCUT2D eigenvalue weighted by atomic mass is 31.2. The van der Waals surface area contributed by atoms with Crippen LogP contribution in [-0.2, 0) is 9.13 Å². The topological polar surface area (TPSA) is 161 Å². The molecule has 98 valence electrons. The molecule has 1 unspecified atom stereocenters. The average Bonchev–Trinajstić information content (AvgIpc) is 2.08. The summed E-state index contributed by atoms with van der Waals surface area (Å²) >= 11 is 0. The van der Waals surface area contributed by atoms with Gasteiger partial charge < -0.3 is 30.4 Å². The summed E-state index contributed by atoms with van der Waals surface area (Å²) < 4.78 is 22.0. The molecule has 0 saturated carbocycles. The lowest BCUT2D eigenvalue weighted by Gasteiger charge is -2.34. The van der Waals surface area contributed by atoms with E-state index in [-0.39, 0.29) is 6.42 Å². The smallest absolute Gasteiger partial charge is 0.360 e. The van der Waals surface area contributed by atoms with Crippen LogP contribution >= 0.6 is 15.2 Å². The van der Waals surface area contributed by atoms with Gasteiger partial charge in [-0.1, -0.05) is 19.8 Å². The van der Waals surface area contributed by atoms with Gasteiger partial charge >= 0.3 is 15.2 Å². The Balaban J connectivity index is 5.28. The van der Waals surface area contributed by atoms with Gasteiger partial charge in [0.1, 0.15) is 0 Å². The van der Waals surface area contributed by atoms with Gasteiger partial charge in [-0.2, -0.15) is 0 Å². The maximum Gasteiger partial charge on any atom is 0.360 e. The number of unbranched alkanes of at least 4 members (excludes halogenated alkanes) is 1. The van der Waals surface area contributed by atoms with Crippen LogP contribution < -0.4 is 5.73 Å². The maximum absolute atomic E-state index is 11.0. The van der Waals surface area contributed by atoms with Crippen molar-refractivity contribution in [3.63, 3.8) is 0 Å². The predicted molar refractivity (Wildman–Crippen MR) is 56.5 cm³/mol. The van der Waals surface area contributed by atoms with E-state index in [0.29, 0.717) is 12.8 Å². The molecule has 0 rings (SSSR count). The molecule has 0 aromatic carbocycles. The highest BCUT2D eigenvalue weighted by molar-refractivity contribution is 7.72. The lowest BCUT2D eigenvalue weighted by atomic mass is 10.1. The Hall–Kier alpha value is 0.220. The van der Waals surface area contributed by atoms with Crippen molar-refractivity contribution in [1.82, 2.24) is 0 Å². The fourth-order valence-electron chi connectivity index (χ4n) is 1.17. The summed E-state index contributed by atoms with van der Waals surface area (Å²) in [6.07, 6.45) is -1.21. The van der Waals surface area contributed by atoms with Gasteiger partial charge in [0, 0.05) is 0 Å². The van der Waals surface area contributed by atoms with Gasteiger partial charge in [0.15, 0.2) is 0 Å². The summed E-state index contributed by atoms with van der Waals surface area (Å²) in [6.45, 7) is 1.75. The molecule has 7 N–H and O–H groups in total. The van der Waals surface area contributed by atoms with Gasteiger partial charge in [0.25, 0.3) is 0 Å². The predicted octanol–water partition coefficient (Wildman–Crippen LogP) is -0.495. The van der Waals surface area contributed by atoms with E-state index in [2.05, 4.69) is 0 Å². The molecule has 1 atom stereocenters. The summed E-state index contributed by atoms with van der Waals surface area (Å²) in [5.74, 6) is 0. The summed E-state index contributed by atoms with van der Waals surface area (Å²) in [4.78, 5) is 35.5. The first kappa shape index (κ1) is 16.2. The molecule has 8 nitrogen and oxygen atoms in total. The Bertz CT molecular complexity index is 299. The van der Waals surface area contributed by atoms with Crippen LogP contribution in [0.2, 0.25) is 0 Å². The van der Waals surface area contributed by atoms with E-state index in [0.717, 1.165) is 0 Å². The van der Waals surface area contributed by atoms with E-state index >= 15 is 0 Å². The van der Waals surface area contributed by atoms with E-state index in [1.807, 2.05) is 0 Å². The second-order valence-electron chi connectivity index (χ2n) is 3.53. The van der Waals surface area contributed by atoms with Crippen molar-refractivity contribution in [3.8, 4) is 0 Å². The summed E-state index contributed by atoms with van der Waals surface area (Å²) in [5, 5.41) is 6.23.